The Balaban J connectivity index is 1.29. The van der Waals surface area contributed by atoms with Crippen LogP contribution in [0.2, 0.25) is 0 Å². The lowest BCUT2D eigenvalue weighted by Gasteiger charge is -2.46. The molecule has 3 aliphatic heterocycles. The Labute approximate surface area is 193 Å². The number of nitrogens with two attached hydrogens (primary N) is 1. The quantitative estimate of drug-likeness (QED) is 0.248. The molecule has 32 heavy (non-hydrogen) atoms. The lowest BCUT2D eigenvalue weighted by molar-refractivity contribution is -0.163. The molecular formula is C22H35N5O4S. The van der Waals surface area contributed by atoms with Crippen LogP contribution in [0, 0.1) is 23.2 Å². The number of carbonyl (C=O) groups excluding carboxylic acids is 1. The lowest BCUT2D eigenvalue weighted by atomic mass is 9.79. The van der Waals surface area contributed by atoms with Crippen molar-refractivity contribution in [3.8, 4) is 0 Å². The zero-order chi connectivity index (χ0) is 23.3. The maximum atomic E-state index is 12.5. The van der Waals surface area contributed by atoms with E-state index < -0.39 is 18.0 Å². The summed E-state index contributed by atoms with van der Waals surface area (Å²) in [4.78, 5) is 30.9. The molecule has 4 rings (SSSR count). The van der Waals surface area contributed by atoms with Gasteiger partial charge in [0.15, 0.2) is 5.96 Å². The van der Waals surface area contributed by atoms with Gasteiger partial charge in [-0.15, -0.1) is 11.8 Å². The van der Waals surface area contributed by atoms with Crippen LogP contribution in [-0.4, -0.2) is 92.9 Å². The van der Waals surface area contributed by atoms with E-state index in [0.717, 1.165) is 50.2 Å². The van der Waals surface area contributed by atoms with E-state index in [0.29, 0.717) is 17.2 Å². The Hall–Kier alpha value is -1.78. The first kappa shape index (κ1) is 23.4. The number of aliphatic hydroxyl groups excluding tert-OH is 1. The summed E-state index contributed by atoms with van der Waals surface area (Å²) in [5, 5.41) is 27.7. The number of hydrogen-bond acceptors (Lipinski definition) is 6. The van der Waals surface area contributed by atoms with Crippen molar-refractivity contribution < 1.29 is 19.8 Å². The number of aliphatic carboxylic acids is 1. The predicted octanol–water partition coefficient (Wildman–Crippen LogP) is 0.942. The molecule has 4 aliphatic rings. The van der Waals surface area contributed by atoms with Crippen molar-refractivity contribution in [1.29, 1.82) is 5.41 Å². The second-order valence-electron chi connectivity index (χ2n) is 9.90. The molecule has 0 spiro atoms. The van der Waals surface area contributed by atoms with E-state index in [9.17, 15) is 19.8 Å². The maximum Gasteiger partial charge on any atom is 0.353 e. The number of aliphatic hydroxyl groups is 1. The van der Waals surface area contributed by atoms with Gasteiger partial charge in [0, 0.05) is 48.8 Å². The lowest BCUT2D eigenvalue weighted by Crippen LogP contribution is -2.63. The molecule has 0 aromatic heterocycles. The molecule has 1 amide bonds. The van der Waals surface area contributed by atoms with Crippen molar-refractivity contribution in [1.82, 2.24) is 14.7 Å². The van der Waals surface area contributed by atoms with Crippen LogP contribution in [0.1, 0.15) is 39.5 Å². The molecule has 3 heterocycles. The number of carboxylic acid groups (broad SMARTS) is 1. The van der Waals surface area contributed by atoms with Gasteiger partial charge in [0.2, 0.25) is 5.91 Å². The summed E-state index contributed by atoms with van der Waals surface area (Å²) < 4.78 is 0. The first-order chi connectivity index (χ1) is 15.1. The highest BCUT2D eigenvalue weighted by molar-refractivity contribution is 8.03. The van der Waals surface area contributed by atoms with Gasteiger partial charge >= 0.3 is 5.97 Å². The third kappa shape index (κ3) is 4.01. The van der Waals surface area contributed by atoms with Crippen molar-refractivity contribution >= 4 is 29.6 Å². The van der Waals surface area contributed by atoms with Crippen LogP contribution in [0.4, 0.5) is 0 Å². The number of fused-ring (bicyclic) bond motifs is 1. The fourth-order valence-corrected chi connectivity index (χ4v) is 7.46. The highest BCUT2D eigenvalue weighted by Crippen LogP contribution is 2.52. The molecule has 178 valence electrons. The number of β-lactam (4-membered cyclic amide) rings is 1. The number of guanidine groups is 1. The Bertz CT molecular complexity index is 819. The van der Waals surface area contributed by atoms with Gasteiger partial charge in [0.05, 0.1) is 18.1 Å². The predicted molar refractivity (Wildman–Crippen MR) is 123 cm³/mol. The van der Waals surface area contributed by atoms with E-state index in [1.165, 1.54) is 4.90 Å². The largest absolute Gasteiger partial charge is 0.477 e. The molecule has 0 aromatic carbocycles. The van der Waals surface area contributed by atoms with Gasteiger partial charge < -0.3 is 30.6 Å². The molecule has 0 radical (unpaired) electrons. The fraction of sp³-hybridized carbons (Fsp3) is 0.773. The molecule has 4 atom stereocenters. The molecule has 9 nitrogen and oxygen atoms in total. The van der Waals surface area contributed by atoms with Crippen LogP contribution in [0.3, 0.4) is 0 Å². The Morgan fingerprint density at radius 2 is 1.94 bits per heavy atom. The summed E-state index contributed by atoms with van der Waals surface area (Å²) in [5.74, 6) is -1.10. The minimum atomic E-state index is -1.05. The van der Waals surface area contributed by atoms with E-state index >= 15 is 0 Å². The average molecular weight is 466 g/mol. The second kappa shape index (κ2) is 8.87. The molecule has 1 saturated carbocycles. The topological polar surface area (TPSA) is 134 Å². The van der Waals surface area contributed by atoms with Crippen LogP contribution in [-0.2, 0) is 9.59 Å². The molecule has 2 saturated heterocycles. The van der Waals surface area contributed by atoms with Crippen molar-refractivity contribution in [3.63, 3.8) is 0 Å². The minimum absolute atomic E-state index is 0.0639. The van der Waals surface area contributed by atoms with E-state index in [2.05, 4.69) is 4.90 Å². The summed E-state index contributed by atoms with van der Waals surface area (Å²) in [6.45, 7) is 6.50. The third-order valence-electron chi connectivity index (χ3n) is 7.79. The zero-order valence-corrected chi connectivity index (χ0v) is 19.8. The number of nitrogens with zero attached hydrogens (tertiary/aromatic N) is 3. The smallest absolute Gasteiger partial charge is 0.353 e. The van der Waals surface area contributed by atoms with Gasteiger partial charge in [-0.3, -0.25) is 10.2 Å². The van der Waals surface area contributed by atoms with Gasteiger partial charge in [0.1, 0.15) is 5.70 Å². The first-order valence-electron chi connectivity index (χ1n) is 11.5. The van der Waals surface area contributed by atoms with Crippen LogP contribution >= 0.6 is 11.8 Å². The van der Waals surface area contributed by atoms with Crippen LogP contribution in [0.25, 0.3) is 0 Å². The maximum absolute atomic E-state index is 12.5. The minimum Gasteiger partial charge on any atom is -0.477 e. The van der Waals surface area contributed by atoms with Crippen LogP contribution < -0.4 is 5.73 Å². The second-order valence-corrected chi connectivity index (χ2v) is 11.2. The van der Waals surface area contributed by atoms with Gasteiger partial charge in [-0.1, -0.05) is 6.92 Å². The molecule has 5 N–H and O–H groups in total. The number of hydrogen-bond donors (Lipinski definition) is 4. The van der Waals surface area contributed by atoms with E-state index in [1.807, 2.05) is 18.9 Å². The van der Waals surface area contributed by atoms with Gasteiger partial charge in [-0.25, -0.2) is 4.79 Å². The zero-order valence-electron chi connectivity index (χ0n) is 19.0. The van der Waals surface area contributed by atoms with Crippen molar-refractivity contribution in [2.24, 2.45) is 23.5 Å². The number of thioether (sulfide) groups is 1. The molecule has 0 unspecified atom stereocenters. The van der Waals surface area contributed by atoms with Gasteiger partial charge in [0.25, 0.3) is 0 Å². The van der Waals surface area contributed by atoms with E-state index in [4.69, 9.17) is 11.1 Å². The number of nitrogens with one attached hydrogen (secondary N) is 1. The van der Waals surface area contributed by atoms with Crippen molar-refractivity contribution in [3.05, 3.63) is 10.6 Å². The molecular weight excluding hydrogens is 430 g/mol. The van der Waals surface area contributed by atoms with E-state index in [-0.39, 0.29) is 29.5 Å². The van der Waals surface area contributed by atoms with Gasteiger partial charge in [-0.2, -0.15) is 0 Å². The van der Waals surface area contributed by atoms with Crippen molar-refractivity contribution in [2.75, 3.05) is 26.7 Å². The summed E-state index contributed by atoms with van der Waals surface area (Å²) >= 11 is 1.61. The van der Waals surface area contributed by atoms with Crippen molar-refractivity contribution in [2.45, 2.75) is 63.0 Å². The SMILES string of the molecule is C[C@@H](O)[C@H]1C(=O)N2C(C(=O)O)=C(SC3CN(C[C@H]4CC[C@H](N(C)C(=N)N)CC4)C3)[C@H](C)[C@H]12. The monoisotopic (exact) mass is 465 g/mol. The number of carboxylic acids is 1. The highest BCUT2D eigenvalue weighted by atomic mass is 32.2. The number of likely N-dealkylation sites (tertiary alicyclic amines) is 1. The normalized spacial score (nSPS) is 34.1. The number of rotatable bonds is 7. The third-order valence-corrected chi connectivity index (χ3v) is 9.24. The molecule has 0 bridgehead atoms. The number of carbonyl (C=O) groups is 2. The van der Waals surface area contributed by atoms with Crippen LogP contribution in [0.15, 0.2) is 10.6 Å². The summed E-state index contributed by atoms with van der Waals surface area (Å²) in [6, 6.07) is 0.128. The molecule has 1 aliphatic carbocycles. The summed E-state index contributed by atoms with van der Waals surface area (Å²) in [6.07, 6.45) is 3.64. The average Bonchev–Trinajstić information content (AvgIpc) is 2.94. The fourth-order valence-electron chi connectivity index (χ4n) is 5.88. The summed E-state index contributed by atoms with van der Waals surface area (Å²) in [7, 11) is 1.90. The molecule has 0 aromatic rings. The van der Waals surface area contributed by atoms with Crippen LogP contribution in [0.5, 0.6) is 0 Å². The first-order valence-corrected chi connectivity index (χ1v) is 12.4. The Kier molecular flexibility index (Phi) is 6.48. The standard InChI is InChI=1S/C22H35N5O4S/c1-11-17-16(12(2)28)20(29)27(17)18(21(30)31)19(11)32-15-9-26(10-15)8-13-4-6-14(7-5-13)25(3)22(23)24/h11-17,28H,4-10H2,1-3H3,(H3,23,24)(H,30,31)/t11-,12-,13-,14-,16-,17-/m1/s1. The van der Waals surface area contributed by atoms with E-state index in [1.54, 1.807) is 18.7 Å². The number of amides is 1. The summed E-state index contributed by atoms with van der Waals surface area (Å²) in [5.41, 5.74) is 5.73. The highest BCUT2D eigenvalue weighted by Gasteiger charge is 2.60. The Morgan fingerprint density at radius 1 is 1.31 bits per heavy atom. The molecule has 3 fully saturated rings. The Morgan fingerprint density at radius 3 is 2.47 bits per heavy atom. The molecule has 10 heteroatoms. The van der Waals surface area contributed by atoms with Gasteiger partial charge in [-0.05, 0) is 38.5 Å².